The van der Waals surface area contributed by atoms with Crippen molar-refractivity contribution in [3.63, 3.8) is 0 Å². The Labute approximate surface area is 277 Å². The van der Waals surface area contributed by atoms with E-state index in [1.54, 1.807) is 0 Å². The molecule has 0 heterocycles. The lowest BCUT2D eigenvalue weighted by Crippen LogP contribution is -2.60. The van der Waals surface area contributed by atoms with Crippen LogP contribution in [0.3, 0.4) is 0 Å². The Morgan fingerprint density at radius 3 is 1.85 bits per heavy atom. The predicted molar refractivity (Wildman–Crippen MR) is 182 cm³/mol. The number of aliphatic carboxylic acids is 1. The van der Waals surface area contributed by atoms with E-state index < -0.39 is 35.2 Å². The molecular weight excluding hydrogens is 592 g/mol. The fourth-order valence-corrected chi connectivity index (χ4v) is 10.5. The van der Waals surface area contributed by atoms with Crippen molar-refractivity contribution in [3.8, 4) is 0 Å². The van der Waals surface area contributed by atoms with E-state index in [1.165, 1.54) is 16.7 Å². The van der Waals surface area contributed by atoms with Crippen LogP contribution in [0.25, 0.3) is 0 Å². The molecule has 0 radical (unpaired) electrons. The summed E-state index contributed by atoms with van der Waals surface area (Å²) >= 11 is 0. The van der Waals surface area contributed by atoms with Crippen molar-refractivity contribution in [3.05, 3.63) is 58.7 Å². The van der Waals surface area contributed by atoms with Crippen LogP contribution >= 0.6 is 0 Å². The largest absolute Gasteiger partial charge is 0.481 e. The predicted octanol–water partition coefficient (Wildman–Crippen LogP) is 5.37. The van der Waals surface area contributed by atoms with Crippen molar-refractivity contribution < 1.29 is 24.3 Å². The van der Waals surface area contributed by atoms with Crippen molar-refractivity contribution in [1.29, 1.82) is 0 Å². The number of nitrogen functional groups attached to an aromatic ring is 1. The SMILES string of the molecule is C[C@]1(C(=O)NC(=O)[C@@]2(C)CCC[C@]3(C)c4cc(N)ccc4CC[C@@H]23)CCC[C@]2(C)c3cc(NC(=O)[C@@H](N)CC(=O)O)ccc3CCC12. The van der Waals surface area contributed by atoms with E-state index in [2.05, 4.69) is 43.5 Å². The fraction of sp³-hybridized carbons (Fsp3) is 0.579. The second-order valence-electron chi connectivity index (χ2n) is 15.8. The van der Waals surface area contributed by atoms with Gasteiger partial charge >= 0.3 is 5.97 Å². The summed E-state index contributed by atoms with van der Waals surface area (Å²) < 4.78 is 0. The van der Waals surface area contributed by atoms with Crippen molar-refractivity contribution in [1.82, 2.24) is 5.32 Å². The quantitative estimate of drug-likeness (QED) is 0.209. The van der Waals surface area contributed by atoms with Gasteiger partial charge in [-0.05, 0) is 121 Å². The molecule has 4 aliphatic carbocycles. The zero-order valence-corrected chi connectivity index (χ0v) is 28.2. The minimum Gasteiger partial charge on any atom is -0.481 e. The minimum absolute atomic E-state index is 0.00164. The summed E-state index contributed by atoms with van der Waals surface area (Å²) in [6.45, 7) is 8.60. The maximum absolute atomic E-state index is 14.4. The smallest absolute Gasteiger partial charge is 0.305 e. The normalized spacial score (nSPS) is 33.2. The van der Waals surface area contributed by atoms with Gasteiger partial charge in [-0.3, -0.25) is 24.5 Å². The van der Waals surface area contributed by atoms with Crippen molar-refractivity contribution in [2.24, 2.45) is 28.4 Å². The molecule has 2 saturated carbocycles. The molecule has 0 bridgehead atoms. The first-order chi connectivity index (χ1) is 22.1. The molecule has 7 atom stereocenters. The Morgan fingerprint density at radius 2 is 1.32 bits per heavy atom. The number of nitrogens with one attached hydrogen (secondary N) is 2. The number of amides is 3. The summed E-state index contributed by atoms with van der Waals surface area (Å²) in [5.74, 6) is -1.91. The van der Waals surface area contributed by atoms with E-state index in [-0.39, 0.29) is 34.5 Å². The van der Waals surface area contributed by atoms with E-state index in [1.807, 2.05) is 31.2 Å². The lowest BCUT2D eigenvalue weighted by atomic mass is 9.49. The van der Waals surface area contributed by atoms with Gasteiger partial charge in [0.15, 0.2) is 0 Å². The van der Waals surface area contributed by atoms with Gasteiger partial charge in [-0.15, -0.1) is 0 Å². The van der Waals surface area contributed by atoms with Crippen LogP contribution in [0.1, 0.15) is 108 Å². The van der Waals surface area contributed by atoms with Crippen molar-refractivity contribution in [2.45, 2.75) is 115 Å². The summed E-state index contributed by atoms with van der Waals surface area (Å²) in [7, 11) is 0. The number of carbonyl (C=O) groups is 4. The van der Waals surface area contributed by atoms with Gasteiger partial charge in [-0.25, -0.2) is 0 Å². The Morgan fingerprint density at radius 1 is 0.809 bits per heavy atom. The second kappa shape index (κ2) is 11.8. The first kappa shape index (κ1) is 33.2. The Balaban J connectivity index is 1.23. The van der Waals surface area contributed by atoms with Crippen LogP contribution in [0.15, 0.2) is 36.4 Å². The number of carbonyl (C=O) groups excluding carboxylic acids is 3. The lowest BCUT2D eigenvalue weighted by molar-refractivity contribution is -0.150. The molecule has 3 amide bonds. The number of carboxylic acid groups (broad SMARTS) is 1. The second-order valence-corrected chi connectivity index (χ2v) is 15.8. The topological polar surface area (TPSA) is 165 Å². The number of hydrogen-bond donors (Lipinski definition) is 5. The van der Waals surface area contributed by atoms with Crippen LogP contribution in [-0.4, -0.2) is 34.8 Å². The Hall–Kier alpha value is -3.72. The number of fused-ring (bicyclic) bond motifs is 6. The summed E-state index contributed by atoms with van der Waals surface area (Å²) in [6, 6.07) is 10.9. The molecule has 2 aromatic rings. The Bertz CT molecular complexity index is 1640. The summed E-state index contributed by atoms with van der Waals surface area (Å²) in [5, 5.41) is 14.8. The highest BCUT2D eigenvalue weighted by molar-refractivity contribution is 6.01. The maximum atomic E-state index is 14.4. The molecule has 0 aromatic heterocycles. The van der Waals surface area contributed by atoms with Gasteiger partial charge in [-0.2, -0.15) is 0 Å². The molecule has 0 spiro atoms. The van der Waals surface area contributed by atoms with E-state index in [9.17, 15) is 19.2 Å². The zero-order chi connectivity index (χ0) is 33.9. The first-order valence-corrected chi connectivity index (χ1v) is 17.3. The molecule has 7 N–H and O–H groups in total. The maximum Gasteiger partial charge on any atom is 0.305 e. The molecule has 47 heavy (non-hydrogen) atoms. The fourth-order valence-electron chi connectivity index (χ4n) is 10.5. The third-order valence-electron chi connectivity index (χ3n) is 13.0. The molecule has 2 fully saturated rings. The van der Waals surface area contributed by atoms with Crippen LogP contribution in [0.5, 0.6) is 0 Å². The van der Waals surface area contributed by atoms with Gasteiger partial charge in [0.25, 0.3) is 0 Å². The number of benzene rings is 2. The van der Waals surface area contributed by atoms with Gasteiger partial charge < -0.3 is 21.9 Å². The molecule has 0 saturated heterocycles. The molecule has 0 aliphatic heterocycles. The van der Waals surface area contributed by atoms with E-state index in [0.717, 1.165) is 69.0 Å². The van der Waals surface area contributed by atoms with Gasteiger partial charge in [-0.1, -0.05) is 52.7 Å². The summed E-state index contributed by atoms with van der Waals surface area (Å²) in [6.07, 6.45) is 8.05. The molecular formula is C38H50N4O5. The third-order valence-corrected chi connectivity index (χ3v) is 13.0. The highest BCUT2D eigenvalue weighted by atomic mass is 16.4. The zero-order valence-electron chi connectivity index (χ0n) is 28.2. The van der Waals surface area contributed by atoms with E-state index in [4.69, 9.17) is 16.6 Å². The van der Waals surface area contributed by atoms with E-state index in [0.29, 0.717) is 12.1 Å². The Kier molecular flexibility index (Phi) is 8.30. The van der Waals surface area contributed by atoms with Gasteiger partial charge in [0.2, 0.25) is 17.7 Å². The number of anilines is 2. The lowest BCUT2D eigenvalue weighted by Gasteiger charge is -2.56. The molecule has 9 nitrogen and oxygen atoms in total. The summed E-state index contributed by atoms with van der Waals surface area (Å²) in [5.41, 5.74) is 16.3. The van der Waals surface area contributed by atoms with Gasteiger partial charge in [0, 0.05) is 11.4 Å². The van der Waals surface area contributed by atoms with Crippen molar-refractivity contribution >= 4 is 35.1 Å². The third kappa shape index (κ3) is 5.44. The van der Waals surface area contributed by atoms with Crippen LogP contribution in [0, 0.1) is 22.7 Å². The molecule has 9 heteroatoms. The van der Waals surface area contributed by atoms with Crippen LogP contribution < -0.4 is 22.1 Å². The monoisotopic (exact) mass is 642 g/mol. The number of rotatable bonds is 6. The van der Waals surface area contributed by atoms with E-state index >= 15 is 0 Å². The van der Waals surface area contributed by atoms with Gasteiger partial charge in [0.1, 0.15) is 0 Å². The highest BCUT2D eigenvalue weighted by Crippen LogP contribution is 2.59. The molecule has 2 aromatic carbocycles. The van der Waals surface area contributed by atoms with Crippen LogP contribution in [0.4, 0.5) is 11.4 Å². The van der Waals surface area contributed by atoms with Crippen molar-refractivity contribution in [2.75, 3.05) is 11.1 Å². The number of carboxylic acids is 1. The standard InChI is InChI=1S/C38H50N4O5/c1-35-15-5-17-37(3,29(35)13-9-22-7-11-24(39)19-26(22)35)33(46)42-34(47)38(4)18-6-16-36(2)27-20-25(12-8-23(27)10-14-30(36)38)41-32(45)28(40)21-31(43)44/h7-8,11-12,19-20,28-30H,5-6,9-10,13-18,21,39-40H2,1-4H3,(H,41,45)(H,43,44)(H,42,46,47)/t28-,29+,30?,35+,36+,37-,38-/m0/s1. The molecule has 4 aliphatic rings. The molecule has 6 rings (SSSR count). The minimum atomic E-state index is -1.16. The summed E-state index contributed by atoms with van der Waals surface area (Å²) in [4.78, 5) is 52.5. The average Bonchev–Trinajstić information content (AvgIpc) is 3.01. The number of aryl methyl sites for hydroxylation is 2. The number of hydrogen-bond acceptors (Lipinski definition) is 6. The van der Waals surface area contributed by atoms with Crippen LogP contribution in [0.2, 0.25) is 0 Å². The molecule has 1 unspecified atom stereocenters. The molecule has 252 valence electrons. The first-order valence-electron chi connectivity index (χ1n) is 17.3. The highest BCUT2D eigenvalue weighted by Gasteiger charge is 2.58. The van der Waals surface area contributed by atoms with Crippen LogP contribution in [-0.2, 0) is 42.8 Å². The van der Waals surface area contributed by atoms with Gasteiger partial charge in [0.05, 0.1) is 23.3 Å². The number of imide groups is 1. The average molecular weight is 643 g/mol. The number of nitrogens with two attached hydrogens (primary N) is 2.